The molecule has 0 fully saturated rings. The van der Waals surface area contributed by atoms with E-state index in [2.05, 4.69) is 4.98 Å². The van der Waals surface area contributed by atoms with Gasteiger partial charge in [-0.1, -0.05) is 6.07 Å². The number of H-pyrrole nitrogens is 1. The third-order valence-electron chi connectivity index (χ3n) is 3.30. The zero-order chi connectivity index (χ0) is 15.0. The standard InChI is InChI=1S/C15H13FN2O2S/c1-19-9-6-7-11(13(8-9)20-2)18-12-5-3-4-10(16)14(12)17-15(18)21/h3-8H,1-2H3,(H,17,21). The van der Waals surface area contributed by atoms with Crippen LogP contribution in [-0.2, 0) is 0 Å². The second kappa shape index (κ2) is 5.21. The van der Waals surface area contributed by atoms with Gasteiger partial charge in [-0.2, -0.15) is 0 Å². The van der Waals surface area contributed by atoms with Crippen LogP contribution in [0, 0.1) is 10.6 Å². The Labute approximate surface area is 125 Å². The van der Waals surface area contributed by atoms with Crippen LogP contribution in [-0.4, -0.2) is 23.8 Å². The molecule has 0 aliphatic heterocycles. The van der Waals surface area contributed by atoms with Crippen molar-refractivity contribution < 1.29 is 13.9 Å². The van der Waals surface area contributed by atoms with E-state index in [0.29, 0.717) is 27.3 Å². The Morgan fingerprint density at radius 1 is 1.14 bits per heavy atom. The number of hydrogen-bond donors (Lipinski definition) is 1. The molecule has 4 nitrogen and oxygen atoms in total. The van der Waals surface area contributed by atoms with E-state index in [9.17, 15) is 4.39 Å². The summed E-state index contributed by atoms with van der Waals surface area (Å²) in [5, 5.41) is 0. The van der Waals surface area contributed by atoms with E-state index < -0.39 is 0 Å². The molecule has 0 atom stereocenters. The minimum absolute atomic E-state index is 0.343. The molecule has 0 bridgehead atoms. The summed E-state index contributed by atoms with van der Waals surface area (Å²) in [6.45, 7) is 0. The Kier molecular flexibility index (Phi) is 3.39. The van der Waals surface area contributed by atoms with Gasteiger partial charge in [-0.05, 0) is 36.5 Å². The van der Waals surface area contributed by atoms with Crippen LogP contribution >= 0.6 is 12.2 Å². The van der Waals surface area contributed by atoms with Crippen molar-refractivity contribution in [3.63, 3.8) is 0 Å². The predicted octanol–water partition coefficient (Wildman–Crippen LogP) is 3.84. The molecule has 0 saturated heterocycles. The topological polar surface area (TPSA) is 39.2 Å². The third-order valence-corrected chi connectivity index (χ3v) is 3.58. The number of para-hydroxylation sites is 1. The van der Waals surface area contributed by atoms with Crippen molar-refractivity contribution in [2.75, 3.05) is 14.2 Å². The first-order chi connectivity index (χ1) is 10.2. The van der Waals surface area contributed by atoms with Gasteiger partial charge in [0.25, 0.3) is 0 Å². The van der Waals surface area contributed by atoms with Crippen molar-refractivity contribution in [1.82, 2.24) is 9.55 Å². The molecule has 0 amide bonds. The number of aromatic amines is 1. The normalized spacial score (nSPS) is 10.8. The fraction of sp³-hybridized carbons (Fsp3) is 0.133. The number of methoxy groups -OCH3 is 2. The first-order valence-electron chi connectivity index (χ1n) is 6.27. The molecule has 0 aliphatic rings. The quantitative estimate of drug-likeness (QED) is 0.747. The van der Waals surface area contributed by atoms with Gasteiger partial charge in [-0.15, -0.1) is 0 Å². The van der Waals surface area contributed by atoms with E-state index in [4.69, 9.17) is 21.7 Å². The summed E-state index contributed by atoms with van der Waals surface area (Å²) >= 11 is 5.32. The molecule has 0 saturated carbocycles. The molecule has 3 aromatic rings. The minimum atomic E-state index is -0.343. The molecule has 1 N–H and O–H groups in total. The molecular weight excluding hydrogens is 291 g/mol. The van der Waals surface area contributed by atoms with Gasteiger partial charge < -0.3 is 14.5 Å². The Bertz CT molecular complexity index is 870. The third kappa shape index (κ3) is 2.17. The number of rotatable bonds is 3. The van der Waals surface area contributed by atoms with Gasteiger partial charge in [-0.3, -0.25) is 4.57 Å². The highest BCUT2D eigenvalue weighted by atomic mass is 32.1. The molecular formula is C15H13FN2O2S. The average molecular weight is 304 g/mol. The summed E-state index contributed by atoms with van der Waals surface area (Å²) in [6.07, 6.45) is 0. The summed E-state index contributed by atoms with van der Waals surface area (Å²) in [7, 11) is 3.15. The first kappa shape index (κ1) is 13.6. The summed E-state index contributed by atoms with van der Waals surface area (Å²) in [6, 6.07) is 10.2. The lowest BCUT2D eigenvalue weighted by atomic mass is 10.2. The van der Waals surface area contributed by atoms with Crippen LogP contribution in [0.4, 0.5) is 4.39 Å². The number of aromatic nitrogens is 2. The highest BCUT2D eigenvalue weighted by Crippen LogP contribution is 2.31. The van der Waals surface area contributed by atoms with Crippen molar-refractivity contribution in [3.8, 4) is 17.2 Å². The molecule has 3 rings (SSSR count). The number of benzene rings is 2. The minimum Gasteiger partial charge on any atom is -0.497 e. The average Bonchev–Trinajstić information content (AvgIpc) is 2.84. The summed E-state index contributed by atoms with van der Waals surface area (Å²) in [4.78, 5) is 2.89. The molecule has 1 aromatic heterocycles. The lowest BCUT2D eigenvalue weighted by Gasteiger charge is -2.12. The van der Waals surface area contributed by atoms with Crippen molar-refractivity contribution in [1.29, 1.82) is 0 Å². The highest BCUT2D eigenvalue weighted by Gasteiger charge is 2.14. The van der Waals surface area contributed by atoms with E-state index in [1.54, 1.807) is 43.1 Å². The molecule has 0 spiro atoms. The number of hydrogen-bond acceptors (Lipinski definition) is 3. The Morgan fingerprint density at radius 3 is 2.67 bits per heavy atom. The number of nitrogens with one attached hydrogen (secondary N) is 1. The zero-order valence-corrected chi connectivity index (χ0v) is 12.3. The number of nitrogens with zero attached hydrogens (tertiary/aromatic N) is 1. The van der Waals surface area contributed by atoms with Crippen molar-refractivity contribution in [2.24, 2.45) is 0 Å². The largest absolute Gasteiger partial charge is 0.497 e. The molecule has 0 unspecified atom stereocenters. The van der Waals surface area contributed by atoms with Crippen LogP contribution in [0.2, 0.25) is 0 Å². The summed E-state index contributed by atoms with van der Waals surface area (Å²) < 4.78 is 26.6. The molecule has 2 aromatic carbocycles. The number of fused-ring (bicyclic) bond motifs is 1. The zero-order valence-electron chi connectivity index (χ0n) is 11.5. The summed E-state index contributed by atoms with van der Waals surface area (Å²) in [5.41, 5.74) is 1.75. The van der Waals surface area contributed by atoms with Gasteiger partial charge >= 0.3 is 0 Å². The van der Waals surface area contributed by atoms with Gasteiger partial charge in [0.1, 0.15) is 22.8 Å². The Hall–Kier alpha value is -2.34. The molecule has 21 heavy (non-hydrogen) atoms. The second-order valence-corrected chi connectivity index (χ2v) is 4.82. The van der Waals surface area contributed by atoms with Crippen LogP contribution in [0.15, 0.2) is 36.4 Å². The Balaban J connectivity index is 2.33. The predicted molar refractivity (Wildman–Crippen MR) is 81.5 cm³/mol. The van der Waals surface area contributed by atoms with Crippen LogP contribution in [0.5, 0.6) is 11.5 Å². The van der Waals surface area contributed by atoms with Crippen LogP contribution in [0.1, 0.15) is 0 Å². The monoisotopic (exact) mass is 304 g/mol. The van der Waals surface area contributed by atoms with Crippen LogP contribution < -0.4 is 9.47 Å². The molecule has 0 aliphatic carbocycles. The van der Waals surface area contributed by atoms with Gasteiger partial charge in [0.2, 0.25) is 0 Å². The van der Waals surface area contributed by atoms with Crippen LogP contribution in [0.25, 0.3) is 16.7 Å². The summed E-state index contributed by atoms with van der Waals surface area (Å²) in [5.74, 6) is 0.925. The Morgan fingerprint density at radius 2 is 1.95 bits per heavy atom. The van der Waals surface area contributed by atoms with Gasteiger partial charge in [0.05, 0.1) is 25.4 Å². The smallest absolute Gasteiger partial charge is 0.182 e. The molecule has 1 heterocycles. The number of halogens is 1. The SMILES string of the molecule is COc1ccc(-n2c(=S)[nH]c3c(F)cccc32)c(OC)c1. The maximum absolute atomic E-state index is 13.9. The van der Waals surface area contributed by atoms with Crippen molar-refractivity contribution >= 4 is 23.3 Å². The fourth-order valence-electron chi connectivity index (χ4n) is 2.30. The van der Waals surface area contributed by atoms with E-state index in [-0.39, 0.29) is 5.82 Å². The van der Waals surface area contributed by atoms with Crippen molar-refractivity contribution in [3.05, 3.63) is 47.0 Å². The molecule has 0 radical (unpaired) electrons. The number of ether oxygens (including phenoxy) is 2. The van der Waals surface area contributed by atoms with E-state index in [1.165, 1.54) is 6.07 Å². The highest BCUT2D eigenvalue weighted by molar-refractivity contribution is 7.71. The van der Waals surface area contributed by atoms with Gasteiger partial charge in [-0.25, -0.2) is 4.39 Å². The van der Waals surface area contributed by atoms with E-state index >= 15 is 0 Å². The van der Waals surface area contributed by atoms with E-state index in [1.807, 2.05) is 6.07 Å². The lowest BCUT2D eigenvalue weighted by molar-refractivity contribution is 0.393. The lowest BCUT2D eigenvalue weighted by Crippen LogP contribution is -1.99. The van der Waals surface area contributed by atoms with Crippen LogP contribution in [0.3, 0.4) is 0 Å². The van der Waals surface area contributed by atoms with Gasteiger partial charge in [0.15, 0.2) is 4.77 Å². The first-order valence-corrected chi connectivity index (χ1v) is 6.68. The molecule has 6 heteroatoms. The molecule has 108 valence electrons. The van der Waals surface area contributed by atoms with Crippen molar-refractivity contribution in [2.45, 2.75) is 0 Å². The maximum atomic E-state index is 13.9. The number of imidazole rings is 1. The second-order valence-electron chi connectivity index (χ2n) is 4.44. The maximum Gasteiger partial charge on any atom is 0.182 e. The van der Waals surface area contributed by atoms with E-state index in [0.717, 1.165) is 5.69 Å². The fourth-order valence-corrected chi connectivity index (χ4v) is 2.60. The van der Waals surface area contributed by atoms with Gasteiger partial charge in [0, 0.05) is 6.07 Å².